The van der Waals surface area contributed by atoms with E-state index in [0.717, 1.165) is 6.92 Å². The van der Waals surface area contributed by atoms with Crippen molar-refractivity contribution < 1.29 is 83.1 Å². The number of carboxylic acids is 3. The Balaban J connectivity index is 2.50. The molecule has 0 saturated carbocycles. The average molecular weight is 1030 g/mol. The molecule has 0 unspecified atom stereocenters. The number of phenols is 1. The molecule has 0 aliphatic rings. The predicted octanol–water partition coefficient (Wildman–Crippen LogP) is -4.24. The monoisotopic (exact) mass is 1030 g/mol. The first-order chi connectivity index (χ1) is 34.2. The predicted molar refractivity (Wildman–Crippen MR) is 254 cm³/mol. The summed E-state index contributed by atoms with van der Waals surface area (Å²) in [6, 6.07) is -1.22. The van der Waals surface area contributed by atoms with E-state index < -0.39 is 158 Å². The first kappa shape index (κ1) is 60.9. The van der Waals surface area contributed by atoms with E-state index in [-0.39, 0.29) is 30.9 Å². The van der Waals surface area contributed by atoms with E-state index in [9.17, 15) is 83.1 Å². The highest BCUT2D eigenvalue weighted by Gasteiger charge is 2.36. The summed E-state index contributed by atoms with van der Waals surface area (Å²) < 4.78 is 0. The number of hydrogen-bond donors (Lipinski definition) is 15. The minimum Gasteiger partial charge on any atom is -0.508 e. The Hall–Kier alpha value is -8.20. The van der Waals surface area contributed by atoms with Crippen LogP contribution in [0.4, 0.5) is 0 Å². The van der Waals surface area contributed by atoms with Crippen molar-refractivity contribution in [3.05, 3.63) is 65.7 Å². The van der Waals surface area contributed by atoms with Crippen LogP contribution in [-0.4, -0.2) is 158 Å². The second-order valence-corrected chi connectivity index (χ2v) is 17.4. The van der Waals surface area contributed by atoms with E-state index >= 15 is 0 Å². The van der Waals surface area contributed by atoms with Crippen LogP contribution < -0.4 is 54.0 Å². The SMILES string of the molecule is CC(C)C[C@H](NC(=O)[C@H](CCC(N)=O)NC(=O)[C@H](CC(=O)O)NC(=O)[C@H](Cc1ccccc1)NC(=O)[C@H](CO)NC(=O)[C@H](C)N)C(=O)N[C@@H](Cc1ccc(O)cc1)C(=O)N[C@@H](CC(=O)O)C(=O)N[C@@H](C)C(=O)O. The lowest BCUT2D eigenvalue weighted by atomic mass is 10.00. The van der Waals surface area contributed by atoms with E-state index in [1.165, 1.54) is 31.2 Å². The number of aliphatic hydroxyl groups excluding tert-OH is 1. The second kappa shape index (κ2) is 29.9. The Labute approximate surface area is 418 Å². The highest BCUT2D eigenvalue weighted by molar-refractivity contribution is 5.99. The maximum atomic E-state index is 14.1. The summed E-state index contributed by atoms with van der Waals surface area (Å²) in [5.41, 5.74) is 11.7. The van der Waals surface area contributed by atoms with Crippen molar-refractivity contribution in [2.24, 2.45) is 17.4 Å². The van der Waals surface area contributed by atoms with E-state index in [4.69, 9.17) is 11.5 Å². The van der Waals surface area contributed by atoms with Gasteiger partial charge in [-0.1, -0.05) is 56.3 Å². The number of hydrogen-bond acceptors (Lipinski definition) is 15. The zero-order valence-corrected chi connectivity index (χ0v) is 40.4. The number of aliphatic carboxylic acids is 3. The van der Waals surface area contributed by atoms with Crippen LogP contribution in [0.1, 0.15) is 70.9 Å². The number of aromatic hydroxyl groups is 1. The van der Waals surface area contributed by atoms with Gasteiger partial charge in [0, 0.05) is 19.3 Å². The van der Waals surface area contributed by atoms with Crippen molar-refractivity contribution in [2.45, 2.75) is 127 Å². The topological polar surface area (TPSA) is 454 Å². The van der Waals surface area contributed by atoms with Gasteiger partial charge in [0.2, 0.25) is 53.2 Å². The molecule has 2 rings (SSSR count). The number of rotatable bonds is 31. The molecular weight excluding hydrogens is 965 g/mol. The fraction of sp³-hybridized carbons (Fsp3) is 0.478. The van der Waals surface area contributed by atoms with Crippen LogP contribution in [0.5, 0.6) is 5.75 Å². The summed E-state index contributed by atoms with van der Waals surface area (Å²) in [7, 11) is 0. The largest absolute Gasteiger partial charge is 0.508 e. The van der Waals surface area contributed by atoms with Crippen molar-refractivity contribution in [1.29, 1.82) is 0 Å². The molecular formula is C46H64N10O17. The Morgan fingerprint density at radius 2 is 0.877 bits per heavy atom. The van der Waals surface area contributed by atoms with Gasteiger partial charge >= 0.3 is 17.9 Å². The summed E-state index contributed by atoms with van der Waals surface area (Å²) in [4.78, 5) is 155. The number of primary amides is 1. The van der Waals surface area contributed by atoms with E-state index in [1.54, 1.807) is 44.2 Å². The van der Waals surface area contributed by atoms with Crippen molar-refractivity contribution >= 4 is 71.1 Å². The fourth-order valence-electron chi connectivity index (χ4n) is 6.67. The van der Waals surface area contributed by atoms with E-state index in [0.29, 0.717) is 11.1 Å². The summed E-state index contributed by atoms with van der Waals surface area (Å²) in [5, 5.41) is 66.5. The number of nitrogens with two attached hydrogens (primary N) is 2. The lowest BCUT2D eigenvalue weighted by Crippen LogP contribution is -2.61. The Kier molecular flexibility index (Phi) is 24.9. The standard InChI is InChI=1S/C46H64N10O17/c1-22(2)16-29(41(67)52-31(18-26-10-12-27(58)13-11-26)43(69)54-32(19-36(60)61)40(66)49-24(4)46(72)73)51-39(65)28(14-15-35(48)59)50-44(70)33(20-37(62)63)55-42(68)30(17-25-8-6-5-7-9-25)53-45(71)34(21-57)56-38(64)23(3)47/h5-13,22-24,28-34,57-58H,14-21,47H2,1-4H3,(H2,48,59)(H,49,66)(H,50,70)(H,51,65)(H,52,67)(H,53,71)(H,54,69)(H,55,68)(H,56,64)(H,60,61)(H,62,63)(H,72,73)/t23-,24-,28-,29-,30-,31-,32-,33-,34-/m0/s1. The van der Waals surface area contributed by atoms with Gasteiger partial charge in [-0.25, -0.2) is 0 Å². The fourth-order valence-corrected chi connectivity index (χ4v) is 6.67. The first-order valence-electron chi connectivity index (χ1n) is 22.8. The molecule has 0 aliphatic carbocycles. The number of nitrogens with one attached hydrogen (secondary N) is 8. The van der Waals surface area contributed by atoms with Gasteiger partial charge in [0.25, 0.3) is 0 Å². The molecule has 0 heterocycles. The highest BCUT2D eigenvalue weighted by Crippen LogP contribution is 2.14. The number of amides is 9. The third-order valence-electron chi connectivity index (χ3n) is 10.6. The molecule has 2 aromatic carbocycles. The molecule has 9 atom stereocenters. The van der Waals surface area contributed by atoms with Crippen molar-refractivity contribution in [3.8, 4) is 5.75 Å². The molecule has 0 radical (unpaired) electrons. The molecule has 2 aromatic rings. The average Bonchev–Trinajstić information content (AvgIpc) is 3.30. The highest BCUT2D eigenvalue weighted by atomic mass is 16.4. The molecule has 73 heavy (non-hydrogen) atoms. The normalized spacial score (nSPS) is 14.6. The van der Waals surface area contributed by atoms with Crippen LogP contribution in [0.25, 0.3) is 0 Å². The summed E-state index contributed by atoms with van der Waals surface area (Å²) in [6.45, 7) is 4.78. The maximum Gasteiger partial charge on any atom is 0.325 e. The molecule has 0 bridgehead atoms. The van der Waals surface area contributed by atoms with Crippen LogP contribution >= 0.6 is 0 Å². The van der Waals surface area contributed by atoms with Gasteiger partial charge in [0.05, 0.1) is 25.5 Å². The van der Waals surface area contributed by atoms with Gasteiger partial charge < -0.3 is 79.5 Å². The molecule has 9 amide bonds. The molecule has 400 valence electrons. The van der Waals surface area contributed by atoms with Gasteiger partial charge in [-0.3, -0.25) is 57.5 Å². The van der Waals surface area contributed by atoms with Gasteiger partial charge in [-0.15, -0.1) is 0 Å². The smallest absolute Gasteiger partial charge is 0.325 e. The quantitative estimate of drug-likeness (QED) is 0.0340. The van der Waals surface area contributed by atoms with Crippen molar-refractivity contribution in [3.63, 3.8) is 0 Å². The third-order valence-corrected chi connectivity index (χ3v) is 10.6. The van der Waals surface area contributed by atoms with Gasteiger partial charge in [-0.05, 0) is 55.9 Å². The zero-order valence-electron chi connectivity index (χ0n) is 40.4. The lowest BCUT2D eigenvalue weighted by Gasteiger charge is -2.28. The molecule has 17 N–H and O–H groups in total. The first-order valence-corrected chi connectivity index (χ1v) is 22.8. The molecule has 0 fully saturated rings. The lowest BCUT2D eigenvalue weighted by molar-refractivity contribution is -0.143. The molecule has 27 heteroatoms. The van der Waals surface area contributed by atoms with Gasteiger partial charge in [-0.2, -0.15) is 0 Å². The Bertz CT molecular complexity index is 2300. The van der Waals surface area contributed by atoms with Crippen LogP contribution in [0, 0.1) is 5.92 Å². The Morgan fingerprint density at radius 1 is 0.493 bits per heavy atom. The molecule has 27 nitrogen and oxygen atoms in total. The number of carboxylic acid groups (broad SMARTS) is 3. The van der Waals surface area contributed by atoms with Crippen LogP contribution in [-0.2, 0) is 70.4 Å². The number of phenolic OH excluding ortho intramolecular Hbond substituents is 1. The van der Waals surface area contributed by atoms with Crippen LogP contribution in [0.15, 0.2) is 54.6 Å². The number of benzene rings is 2. The van der Waals surface area contributed by atoms with E-state index in [1.807, 2.05) is 0 Å². The number of carbonyl (C=O) groups excluding carboxylic acids is 9. The summed E-state index contributed by atoms with van der Waals surface area (Å²) >= 11 is 0. The maximum absolute atomic E-state index is 14.1. The summed E-state index contributed by atoms with van der Waals surface area (Å²) in [6.07, 6.45) is -4.00. The van der Waals surface area contributed by atoms with Gasteiger partial charge in [0.15, 0.2) is 0 Å². The minimum absolute atomic E-state index is 0.156. The van der Waals surface area contributed by atoms with Crippen LogP contribution in [0.3, 0.4) is 0 Å². The van der Waals surface area contributed by atoms with Gasteiger partial charge in [0.1, 0.15) is 54.1 Å². The zero-order chi connectivity index (χ0) is 55.1. The third kappa shape index (κ3) is 22.2. The second-order valence-electron chi connectivity index (χ2n) is 17.4. The van der Waals surface area contributed by atoms with E-state index in [2.05, 4.69) is 42.5 Å². The molecule has 0 aliphatic heterocycles. The number of aliphatic hydroxyl groups is 1. The van der Waals surface area contributed by atoms with Crippen LogP contribution in [0.2, 0.25) is 0 Å². The van der Waals surface area contributed by atoms with Crippen molar-refractivity contribution in [1.82, 2.24) is 42.5 Å². The van der Waals surface area contributed by atoms with Crippen molar-refractivity contribution in [2.75, 3.05) is 6.61 Å². The molecule has 0 spiro atoms. The molecule has 0 aromatic heterocycles. The number of carbonyl (C=O) groups is 12. The summed E-state index contributed by atoms with van der Waals surface area (Å²) in [5.74, 6) is -14.9. The Morgan fingerprint density at radius 3 is 1.32 bits per heavy atom. The minimum atomic E-state index is -1.98. The molecule has 0 saturated heterocycles.